The summed E-state index contributed by atoms with van der Waals surface area (Å²) >= 11 is 0.147. The van der Waals surface area contributed by atoms with E-state index in [1.165, 1.54) is 7.11 Å². The fourth-order valence-electron chi connectivity index (χ4n) is 2.55. The number of aromatic hydroxyl groups is 1. The molecule has 0 atom stereocenters. The first-order chi connectivity index (χ1) is 12.4. The maximum absolute atomic E-state index is 12.8. The van der Waals surface area contributed by atoms with Crippen LogP contribution < -0.4 is 18.7 Å². The zero-order valence-corrected chi connectivity index (χ0v) is 17.2. The molecule has 0 fully saturated rings. The van der Waals surface area contributed by atoms with Gasteiger partial charge in [-0.25, -0.2) is 0 Å². The number of carbonyl (C=O) groups excluding carboxylic acids is 1. The van der Waals surface area contributed by atoms with Crippen LogP contribution in [0.1, 0.15) is 22.8 Å². The van der Waals surface area contributed by atoms with Gasteiger partial charge < -0.3 is 0 Å². The van der Waals surface area contributed by atoms with Crippen LogP contribution in [0.2, 0.25) is 5.82 Å². The van der Waals surface area contributed by atoms with Crippen LogP contribution in [-0.4, -0.2) is 47.2 Å². The number of Topliss-reactive ketones (excluding diaryl/α,β-unsaturated/α-hetero) is 1. The summed E-state index contributed by atoms with van der Waals surface area (Å²) in [7, 11) is 4.64. The van der Waals surface area contributed by atoms with Crippen LogP contribution >= 0.6 is 0 Å². The molecule has 0 unspecified atom stereocenters. The van der Waals surface area contributed by atoms with Crippen molar-refractivity contribution in [3.8, 4) is 23.0 Å². The van der Waals surface area contributed by atoms with Crippen LogP contribution in [0, 0.1) is 0 Å². The molecule has 0 amide bonds. The Bertz CT molecular complexity index is 817. The topological polar surface area (TPSA) is 65.0 Å². The third-order valence-electron chi connectivity index (χ3n) is 3.87. The fourth-order valence-corrected chi connectivity index (χ4v) is 3.84. The predicted molar refractivity (Wildman–Crippen MR) is 103 cm³/mol. The predicted octanol–water partition coefficient (Wildman–Crippen LogP) is 3.08. The quantitative estimate of drug-likeness (QED) is 0.423. The summed E-state index contributed by atoms with van der Waals surface area (Å²) in [4.78, 5) is 12.8. The summed E-state index contributed by atoms with van der Waals surface area (Å²) in [6.45, 7) is 1.75. The molecule has 2 aromatic rings. The Morgan fingerprint density at radius 2 is 1.73 bits per heavy atom. The van der Waals surface area contributed by atoms with E-state index >= 15 is 0 Å². The van der Waals surface area contributed by atoms with Crippen LogP contribution in [0.4, 0.5) is 0 Å². The molecule has 0 bridgehead atoms. The summed E-state index contributed by atoms with van der Waals surface area (Å²) in [5, 5.41) is 9.89. The SMILES string of the molecule is COc1ccc(/C=C(\C)C(=O)c2cc(OC)c(OC)c([Se]C)c2)cc1O. The van der Waals surface area contributed by atoms with Crippen molar-refractivity contribution < 1.29 is 24.1 Å². The van der Waals surface area contributed by atoms with Crippen LogP contribution in [-0.2, 0) is 0 Å². The summed E-state index contributed by atoms with van der Waals surface area (Å²) in [6, 6.07) is 8.55. The Balaban J connectivity index is 2.40. The standard InChI is InChI=1S/C20H22O5Se/c1-12(8-13-6-7-16(23-2)15(21)9-13)19(22)14-10-17(24-3)20(25-4)18(11-14)26-5/h6-11,21H,1-5H3/b12-8+. The summed E-state index contributed by atoms with van der Waals surface area (Å²) in [5.74, 6) is 3.60. The minimum atomic E-state index is -0.105. The van der Waals surface area contributed by atoms with Crippen molar-refractivity contribution >= 4 is 31.3 Å². The van der Waals surface area contributed by atoms with Crippen LogP contribution in [0.3, 0.4) is 0 Å². The number of carbonyl (C=O) groups is 1. The molecule has 0 aliphatic heterocycles. The number of ether oxygens (including phenoxy) is 3. The van der Waals surface area contributed by atoms with Crippen LogP contribution in [0.15, 0.2) is 35.9 Å². The summed E-state index contributed by atoms with van der Waals surface area (Å²) < 4.78 is 16.8. The maximum atomic E-state index is 12.8. The van der Waals surface area contributed by atoms with E-state index in [1.807, 2.05) is 6.07 Å². The number of hydrogen-bond donors (Lipinski definition) is 1. The van der Waals surface area contributed by atoms with Crippen molar-refractivity contribution in [2.75, 3.05) is 21.3 Å². The third-order valence-corrected chi connectivity index (χ3v) is 5.43. The number of ketones is 1. The average molecular weight is 421 g/mol. The number of rotatable bonds is 7. The van der Waals surface area contributed by atoms with E-state index in [0.29, 0.717) is 28.4 Å². The monoisotopic (exact) mass is 422 g/mol. The van der Waals surface area contributed by atoms with Crippen LogP contribution in [0.5, 0.6) is 23.0 Å². The molecule has 0 radical (unpaired) electrons. The molecule has 1 N–H and O–H groups in total. The van der Waals surface area contributed by atoms with Crippen molar-refractivity contribution in [2.24, 2.45) is 0 Å². The Morgan fingerprint density at radius 3 is 2.27 bits per heavy atom. The van der Waals surface area contributed by atoms with Gasteiger partial charge in [-0.15, -0.1) is 0 Å². The molecular weight excluding hydrogens is 399 g/mol. The molecule has 26 heavy (non-hydrogen) atoms. The molecule has 0 aliphatic rings. The number of benzene rings is 2. The van der Waals surface area contributed by atoms with Gasteiger partial charge in [-0.05, 0) is 0 Å². The average Bonchev–Trinajstić information content (AvgIpc) is 2.66. The van der Waals surface area contributed by atoms with Crippen molar-refractivity contribution in [2.45, 2.75) is 12.7 Å². The number of allylic oxidation sites excluding steroid dienone is 1. The van der Waals surface area contributed by atoms with Gasteiger partial charge in [0.2, 0.25) is 0 Å². The Kier molecular flexibility index (Phi) is 6.72. The van der Waals surface area contributed by atoms with Crippen molar-refractivity contribution in [1.82, 2.24) is 0 Å². The van der Waals surface area contributed by atoms with Gasteiger partial charge in [0.05, 0.1) is 0 Å². The molecule has 138 valence electrons. The van der Waals surface area contributed by atoms with E-state index in [2.05, 4.69) is 5.82 Å². The van der Waals surface area contributed by atoms with Gasteiger partial charge in [0.15, 0.2) is 0 Å². The van der Waals surface area contributed by atoms with E-state index in [4.69, 9.17) is 14.2 Å². The van der Waals surface area contributed by atoms with Gasteiger partial charge in [-0.2, -0.15) is 0 Å². The zero-order valence-electron chi connectivity index (χ0n) is 15.5. The zero-order chi connectivity index (χ0) is 19.3. The van der Waals surface area contributed by atoms with E-state index in [9.17, 15) is 9.90 Å². The second-order valence-corrected chi connectivity index (χ2v) is 7.28. The molecule has 0 spiro atoms. The number of methoxy groups -OCH3 is 3. The molecular formula is C20H22O5Se. The first kappa shape index (κ1) is 19.9. The number of phenols is 1. The van der Waals surface area contributed by atoms with E-state index in [1.54, 1.807) is 51.5 Å². The fraction of sp³-hybridized carbons (Fsp3) is 0.250. The van der Waals surface area contributed by atoms with Crippen molar-refractivity contribution in [3.05, 3.63) is 47.0 Å². The molecule has 5 nitrogen and oxygen atoms in total. The van der Waals surface area contributed by atoms with Gasteiger partial charge in [0.25, 0.3) is 0 Å². The van der Waals surface area contributed by atoms with E-state index in [0.717, 1.165) is 10.0 Å². The minimum absolute atomic E-state index is 0.0311. The van der Waals surface area contributed by atoms with Crippen molar-refractivity contribution in [1.29, 1.82) is 0 Å². The Labute approximate surface area is 159 Å². The van der Waals surface area contributed by atoms with E-state index < -0.39 is 0 Å². The van der Waals surface area contributed by atoms with Gasteiger partial charge >= 0.3 is 159 Å². The van der Waals surface area contributed by atoms with Crippen LogP contribution in [0.25, 0.3) is 6.08 Å². The first-order valence-electron chi connectivity index (χ1n) is 7.85. The molecule has 6 heteroatoms. The second kappa shape index (κ2) is 8.79. The molecule has 0 saturated heterocycles. The Morgan fingerprint density at radius 1 is 1.04 bits per heavy atom. The molecule has 0 heterocycles. The third kappa shape index (κ3) is 4.21. The normalized spacial score (nSPS) is 11.2. The second-order valence-electron chi connectivity index (χ2n) is 5.50. The molecule has 0 aromatic heterocycles. The molecule has 2 rings (SSSR count). The molecule has 2 aromatic carbocycles. The Hall–Kier alpha value is -2.43. The molecule has 0 saturated carbocycles. The summed E-state index contributed by atoms with van der Waals surface area (Å²) in [5.41, 5.74) is 1.82. The number of hydrogen-bond acceptors (Lipinski definition) is 5. The van der Waals surface area contributed by atoms with Gasteiger partial charge in [-0.1, -0.05) is 0 Å². The first-order valence-corrected chi connectivity index (χ1v) is 10.4. The van der Waals surface area contributed by atoms with E-state index in [-0.39, 0.29) is 26.5 Å². The van der Waals surface area contributed by atoms with Gasteiger partial charge in [0.1, 0.15) is 0 Å². The summed E-state index contributed by atoms with van der Waals surface area (Å²) in [6.07, 6.45) is 1.73. The molecule has 0 aliphatic carbocycles. The van der Waals surface area contributed by atoms with Gasteiger partial charge in [0, 0.05) is 0 Å². The van der Waals surface area contributed by atoms with Gasteiger partial charge in [-0.3, -0.25) is 0 Å². The van der Waals surface area contributed by atoms with Crippen molar-refractivity contribution in [3.63, 3.8) is 0 Å². The number of phenolic OH excluding ortho intramolecular Hbond substituents is 1.